The molecule has 0 bridgehead atoms. The van der Waals surface area contributed by atoms with E-state index in [1.165, 1.54) is 38.8 Å². The van der Waals surface area contributed by atoms with Crippen molar-refractivity contribution in [2.24, 2.45) is 0 Å². The van der Waals surface area contributed by atoms with E-state index in [9.17, 15) is 0 Å². The second-order valence-electron chi connectivity index (χ2n) is 13.7. The highest BCUT2D eigenvalue weighted by molar-refractivity contribution is 6.99. The van der Waals surface area contributed by atoms with Crippen molar-refractivity contribution in [3.63, 3.8) is 0 Å². The van der Waals surface area contributed by atoms with Gasteiger partial charge in [-0.05, 0) is 93.7 Å². The predicted octanol–water partition coefficient (Wildman–Crippen LogP) is 10.7. The summed E-state index contributed by atoms with van der Waals surface area (Å²) in [6, 6.07) is 73.8. The molecule has 2 aliphatic heterocycles. The van der Waals surface area contributed by atoms with Crippen LogP contribution in [0.5, 0.6) is 11.5 Å². The van der Waals surface area contributed by atoms with Crippen molar-refractivity contribution in [3.8, 4) is 11.5 Å². The Bertz CT molecular complexity index is 2470. The molecule has 0 N–H and O–H groups in total. The van der Waals surface area contributed by atoms with Gasteiger partial charge in [-0.2, -0.15) is 0 Å². The van der Waals surface area contributed by atoms with Gasteiger partial charge in [-0.3, -0.25) is 0 Å². The first kappa shape index (κ1) is 31.0. The first-order valence-corrected chi connectivity index (χ1v) is 18.3. The van der Waals surface area contributed by atoms with Crippen molar-refractivity contribution in [1.82, 2.24) is 0 Å². The van der Waals surface area contributed by atoms with Crippen molar-refractivity contribution < 1.29 is 4.74 Å². The maximum absolute atomic E-state index is 7.20. The SMILES string of the molecule is c1ccc(C(c2ccccc2)c2cc3c4c(c2)N(c2ccccc2)c2ccccc2B4c2ccc(N(c4ccccc4)c4ccccc4)cc2O3)cc1. The highest BCUT2D eigenvalue weighted by Crippen LogP contribution is 2.45. The summed E-state index contributed by atoms with van der Waals surface area (Å²) in [5.41, 5.74) is 14.0. The summed E-state index contributed by atoms with van der Waals surface area (Å²) >= 11 is 0. The van der Waals surface area contributed by atoms with Crippen molar-refractivity contribution in [3.05, 3.63) is 223 Å². The lowest BCUT2D eigenvalue weighted by Gasteiger charge is -2.41. The quantitative estimate of drug-likeness (QED) is 0.123. The number of fused-ring (bicyclic) bond motifs is 4. The number of nitrogens with zero attached hydrogens (tertiary/aromatic N) is 2. The Labute approximate surface area is 311 Å². The second-order valence-corrected chi connectivity index (χ2v) is 13.7. The van der Waals surface area contributed by atoms with E-state index < -0.39 is 0 Å². The van der Waals surface area contributed by atoms with E-state index in [0.29, 0.717) is 0 Å². The van der Waals surface area contributed by atoms with Crippen LogP contribution in [0.2, 0.25) is 0 Å². The van der Waals surface area contributed by atoms with Gasteiger partial charge in [0.05, 0.1) is 0 Å². The molecule has 0 aromatic heterocycles. The van der Waals surface area contributed by atoms with E-state index >= 15 is 0 Å². The van der Waals surface area contributed by atoms with E-state index in [0.717, 1.165) is 39.9 Å². The summed E-state index contributed by atoms with van der Waals surface area (Å²) in [5.74, 6) is 1.78. The molecule has 3 nitrogen and oxygen atoms in total. The monoisotopic (exact) mass is 678 g/mol. The van der Waals surface area contributed by atoms with E-state index in [2.05, 4.69) is 216 Å². The number of ether oxygens (including phenoxy) is 1. The van der Waals surface area contributed by atoms with Crippen molar-refractivity contribution in [1.29, 1.82) is 0 Å². The fourth-order valence-electron chi connectivity index (χ4n) is 8.33. The van der Waals surface area contributed by atoms with Crippen LogP contribution in [0.4, 0.5) is 34.1 Å². The smallest absolute Gasteiger partial charge is 0.256 e. The van der Waals surface area contributed by atoms with Crippen LogP contribution in [0.25, 0.3) is 0 Å². The third-order valence-corrected chi connectivity index (χ3v) is 10.6. The number of hydrogen-bond acceptors (Lipinski definition) is 3. The lowest BCUT2D eigenvalue weighted by atomic mass is 9.34. The Hall–Kier alpha value is -6.78. The molecular formula is C49H35BN2O. The molecule has 10 rings (SSSR count). The van der Waals surface area contributed by atoms with Gasteiger partial charge in [0.2, 0.25) is 0 Å². The molecule has 0 fully saturated rings. The molecule has 0 atom stereocenters. The standard InChI is InChI=1S/C49H35BN2O/c1-6-18-35(19-7-1)48(36-20-8-2-9-21-36)37-32-45-49-47(33-37)53-46-34-41(51(38-22-10-3-11-23-38)39-24-12-4-13-25-39)30-31-43(46)50(49)42-28-16-17-29-44(42)52(45)40-26-14-5-15-27-40/h1-34,48H. The first-order valence-electron chi connectivity index (χ1n) is 18.3. The van der Waals surface area contributed by atoms with E-state index in [-0.39, 0.29) is 12.6 Å². The fourth-order valence-corrected chi connectivity index (χ4v) is 8.33. The first-order chi connectivity index (χ1) is 26.3. The van der Waals surface area contributed by atoms with Crippen molar-refractivity contribution in [2.45, 2.75) is 5.92 Å². The zero-order valence-electron chi connectivity index (χ0n) is 29.1. The molecular weight excluding hydrogens is 643 g/mol. The average molecular weight is 679 g/mol. The molecule has 8 aromatic rings. The highest BCUT2D eigenvalue weighted by Gasteiger charge is 2.42. The summed E-state index contributed by atoms with van der Waals surface area (Å²) < 4.78 is 7.20. The maximum Gasteiger partial charge on any atom is 0.256 e. The lowest BCUT2D eigenvalue weighted by Crippen LogP contribution is -2.59. The Balaban J connectivity index is 1.21. The topological polar surface area (TPSA) is 15.7 Å². The van der Waals surface area contributed by atoms with E-state index in [4.69, 9.17) is 4.74 Å². The van der Waals surface area contributed by atoms with Crippen LogP contribution in [-0.4, -0.2) is 6.71 Å². The molecule has 0 saturated heterocycles. The van der Waals surface area contributed by atoms with Gasteiger partial charge in [-0.1, -0.05) is 140 Å². The Morgan fingerprint density at radius 3 is 1.58 bits per heavy atom. The van der Waals surface area contributed by atoms with Gasteiger partial charge in [0.15, 0.2) is 0 Å². The summed E-state index contributed by atoms with van der Waals surface area (Å²) in [5, 5.41) is 0. The second kappa shape index (κ2) is 13.1. The Morgan fingerprint density at radius 2 is 0.962 bits per heavy atom. The van der Waals surface area contributed by atoms with Crippen LogP contribution < -0.4 is 30.9 Å². The molecule has 250 valence electrons. The minimum atomic E-state index is -0.00295. The van der Waals surface area contributed by atoms with E-state index in [1.54, 1.807) is 0 Å². The molecule has 0 saturated carbocycles. The zero-order chi connectivity index (χ0) is 35.1. The Morgan fingerprint density at radius 1 is 0.415 bits per heavy atom. The van der Waals surface area contributed by atoms with Gasteiger partial charge in [0.1, 0.15) is 11.5 Å². The minimum absolute atomic E-state index is 0.00295. The number of rotatable bonds is 7. The third-order valence-electron chi connectivity index (χ3n) is 10.6. The molecule has 0 amide bonds. The van der Waals surface area contributed by atoms with Crippen LogP contribution in [0.15, 0.2) is 206 Å². The summed E-state index contributed by atoms with van der Waals surface area (Å²) in [7, 11) is 0. The third kappa shape index (κ3) is 5.39. The summed E-state index contributed by atoms with van der Waals surface area (Å²) in [6.07, 6.45) is 0. The minimum Gasteiger partial charge on any atom is -0.458 e. The fraction of sp³-hybridized carbons (Fsp3) is 0.0204. The van der Waals surface area contributed by atoms with Crippen LogP contribution in [0, 0.1) is 0 Å². The molecule has 2 heterocycles. The van der Waals surface area contributed by atoms with Gasteiger partial charge in [-0.25, -0.2) is 0 Å². The predicted molar refractivity (Wildman–Crippen MR) is 221 cm³/mol. The van der Waals surface area contributed by atoms with Crippen LogP contribution >= 0.6 is 0 Å². The average Bonchev–Trinajstić information content (AvgIpc) is 3.23. The zero-order valence-corrected chi connectivity index (χ0v) is 29.1. The molecule has 0 aliphatic carbocycles. The van der Waals surface area contributed by atoms with Crippen LogP contribution in [-0.2, 0) is 0 Å². The van der Waals surface area contributed by atoms with Crippen LogP contribution in [0.3, 0.4) is 0 Å². The molecule has 8 aromatic carbocycles. The van der Waals surface area contributed by atoms with Gasteiger partial charge < -0.3 is 14.5 Å². The van der Waals surface area contributed by atoms with Crippen molar-refractivity contribution >= 4 is 57.2 Å². The summed E-state index contributed by atoms with van der Waals surface area (Å²) in [6.45, 7) is -0.00295. The molecule has 4 heteroatoms. The molecule has 0 spiro atoms. The largest absolute Gasteiger partial charge is 0.458 e. The molecule has 2 aliphatic rings. The number of benzene rings is 8. The highest BCUT2D eigenvalue weighted by atomic mass is 16.5. The van der Waals surface area contributed by atoms with Crippen LogP contribution in [0.1, 0.15) is 22.6 Å². The molecule has 0 unspecified atom stereocenters. The van der Waals surface area contributed by atoms with Gasteiger partial charge in [0.25, 0.3) is 6.71 Å². The van der Waals surface area contributed by atoms with Gasteiger partial charge in [0, 0.05) is 46.1 Å². The maximum atomic E-state index is 7.20. The van der Waals surface area contributed by atoms with E-state index in [1.807, 2.05) is 0 Å². The lowest BCUT2D eigenvalue weighted by molar-refractivity contribution is 0.487. The number of hydrogen-bond donors (Lipinski definition) is 0. The van der Waals surface area contributed by atoms with Gasteiger partial charge in [-0.15, -0.1) is 0 Å². The number of anilines is 6. The molecule has 0 radical (unpaired) electrons. The molecule has 53 heavy (non-hydrogen) atoms. The summed E-state index contributed by atoms with van der Waals surface area (Å²) in [4.78, 5) is 4.73. The normalized spacial score (nSPS) is 12.4. The van der Waals surface area contributed by atoms with Gasteiger partial charge >= 0.3 is 0 Å². The number of para-hydroxylation sites is 4. The van der Waals surface area contributed by atoms with Crippen molar-refractivity contribution in [2.75, 3.05) is 9.80 Å². The Kier molecular flexibility index (Phi) is 7.65.